The fourth-order valence-electron chi connectivity index (χ4n) is 14.4. The Kier molecular flexibility index (Phi) is 24.5. The summed E-state index contributed by atoms with van der Waals surface area (Å²) in [5.74, 6) is -15.4. The Labute approximate surface area is 639 Å². The van der Waals surface area contributed by atoms with E-state index < -0.39 is 255 Å². The normalized spacial score (nSPS) is 32.1. The van der Waals surface area contributed by atoms with Crippen LogP contribution in [0, 0.1) is 5.92 Å². The number of halogens is 1. The van der Waals surface area contributed by atoms with E-state index in [1.807, 2.05) is 13.8 Å². The first-order chi connectivity index (χ1) is 52.2. The van der Waals surface area contributed by atoms with Crippen molar-refractivity contribution in [1.29, 1.82) is 0 Å². The molecule has 0 spiro atoms. The van der Waals surface area contributed by atoms with Gasteiger partial charge in [-0.3, -0.25) is 38.5 Å². The Morgan fingerprint density at radius 3 is 1.86 bits per heavy atom. The van der Waals surface area contributed by atoms with Crippen LogP contribution in [0.3, 0.4) is 0 Å². The van der Waals surface area contributed by atoms with Crippen molar-refractivity contribution < 1.29 is 127 Å². The molecule has 0 saturated carbocycles. The van der Waals surface area contributed by atoms with Crippen LogP contribution in [0.25, 0.3) is 11.1 Å². The number of carboxylic acid groups (broad SMARTS) is 1. The number of carboxylic acids is 1. The molecule has 5 aromatic rings. The molecule has 7 amide bonds. The lowest BCUT2D eigenvalue weighted by Gasteiger charge is -2.47. The summed E-state index contributed by atoms with van der Waals surface area (Å²) >= 11 is 7.35. The second-order valence-corrected chi connectivity index (χ2v) is 30.2. The molecule has 37 heteroatoms. The molecule has 22 atom stereocenters. The zero-order chi connectivity index (χ0) is 80.9. The van der Waals surface area contributed by atoms with Gasteiger partial charge in [0.2, 0.25) is 53.4 Å². The quantitative estimate of drug-likeness (QED) is 0.0657. The lowest BCUT2D eigenvalue weighted by Crippen LogP contribution is -2.64. The van der Waals surface area contributed by atoms with E-state index in [-0.39, 0.29) is 53.4 Å². The number of aromatic hydroxyl groups is 3. The minimum atomic E-state index is -2.34. The molecule has 22 N–H and O–H groups in total. The number of phenolic OH excluding ortho intramolecular Hbond substituents is 3. The van der Waals surface area contributed by atoms with Crippen LogP contribution in [0.1, 0.15) is 125 Å². The van der Waals surface area contributed by atoms with Crippen LogP contribution in [-0.4, -0.2) is 227 Å². The molecule has 0 aromatic heterocycles. The van der Waals surface area contributed by atoms with E-state index in [9.17, 15) is 65.4 Å². The number of hydrogen-bond donors (Lipinski definition) is 19. The van der Waals surface area contributed by atoms with Gasteiger partial charge in [0.1, 0.15) is 89.5 Å². The Morgan fingerprint density at radius 1 is 0.676 bits per heavy atom. The van der Waals surface area contributed by atoms with Crippen molar-refractivity contribution in [1.82, 2.24) is 36.8 Å². The topological polar surface area (TPSA) is 566 Å². The maximum Gasteiger partial charge on any atom is 0.330 e. The molecule has 8 heterocycles. The number of benzene rings is 5. The monoisotopic (exact) mass is 1570 g/mol. The summed E-state index contributed by atoms with van der Waals surface area (Å²) in [5.41, 5.74) is 13.6. The van der Waals surface area contributed by atoms with Crippen LogP contribution in [-0.2, 0) is 62.0 Å². The predicted octanol–water partition coefficient (Wildman–Crippen LogP) is 0.0325. The number of phenols is 3. The summed E-state index contributed by atoms with van der Waals surface area (Å²) in [6.07, 6.45) is -22.4. The first-order valence-corrected chi connectivity index (χ1v) is 36.0. The van der Waals surface area contributed by atoms with E-state index >= 15 is 24.0 Å². The number of primary amides is 1. The summed E-state index contributed by atoms with van der Waals surface area (Å²) < 4.78 is 51.7. The lowest BCUT2D eigenvalue weighted by atomic mass is 9.86. The standard InChI is InChI=1S/C74H91ClN10O26/c1-28(2)17-41(85(7)8)66(97)83-55-57(91)31-9-13-36(14-10-31)106-45-20-34-21-46(61(45)111-72-62(59(93)58(92)47(27-86)108-72)110-50-26-74(6,78)64(95)30(4)105-50)107-44-16-12-33(19-39(44)75)60(109-49-25-73(5,77)63(94)29(3)104-49)56-70(101)82-54(71(102)103)38-22-35(87)23-43(89)51(38)37-18-32(11-15-42(37)88)52(67(98)84-56)81-68(99)53(34)80-65(96)40(24-48(76)90)79-69(55)100/h9-16,18-23,28-30,40-41,47,49-50,52-60,62-64,72,86-89,91-95H,17,24-27,77-78H2,1-8H3,(H2,76,90)(H,79,100)(H,80,96)(H,81,99)(H,82,101)(H,83,97)(H,84,98)(H,102,103). The number of aliphatic carboxylic acids is 1. The van der Waals surface area contributed by atoms with Crippen LogP contribution in [0.4, 0.5) is 0 Å². The van der Waals surface area contributed by atoms with E-state index in [1.165, 1.54) is 70.2 Å². The van der Waals surface area contributed by atoms with Crippen LogP contribution in [0.15, 0.2) is 84.9 Å². The maximum atomic E-state index is 16.4. The Balaban J connectivity index is 1.18. The smallest absolute Gasteiger partial charge is 0.330 e. The number of carbonyl (C=O) groups excluding carboxylic acids is 7. The Morgan fingerprint density at radius 2 is 1.27 bits per heavy atom. The molecule has 22 unspecified atom stereocenters. The first-order valence-electron chi connectivity index (χ1n) is 35.6. The summed E-state index contributed by atoms with van der Waals surface area (Å²) in [6.45, 7) is 8.69. The number of amides is 7. The van der Waals surface area contributed by atoms with Gasteiger partial charge in [-0.05, 0) is 131 Å². The Hall–Kier alpha value is -9.61. The summed E-state index contributed by atoms with van der Waals surface area (Å²) in [5, 5.41) is 129. The van der Waals surface area contributed by atoms with Crippen molar-refractivity contribution in [3.8, 4) is 57.1 Å². The molecule has 111 heavy (non-hydrogen) atoms. The van der Waals surface area contributed by atoms with Gasteiger partial charge in [-0.15, -0.1) is 0 Å². The van der Waals surface area contributed by atoms with Crippen molar-refractivity contribution in [2.24, 2.45) is 23.1 Å². The molecule has 11 bridgehead atoms. The van der Waals surface area contributed by atoms with Gasteiger partial charge in [-0.25, -0.2) is 4.79 Å². The molecule has 600 valence electrons. The zero-order valence-corrected chi connectivity index (χ0v) is 62.1. The Bertz CT molecular complexity index is 4380. The lowest BCUT2D eigenvalue weighted by molar-refractivity contribution is -0.333. The van der Waals surface area contributed by atoms with Crippen LogP contribution < -0.4 is 63.3 Å². The maximum absolute atomic E-state index is 16.4. The van der Waals surface area contributed by atoms with E-state index in [0.29, 0.717) is 0 Å². The first kappa shape index (κ1) is 82.4. The number of ether oxygens (including phenoxy) is 8. The highest BCUT2D eigenvalue weighted by molar-refractivity contribution is 6.32. The van der Waals surface area contributed by atoms with Gasteiger partial charge >= 0.3 is 5.97 Å². The summed E-state index contributed by atoms with van der Waals surface area (Å²) in [4.78, 5) is 122. The van der Waals surface area contributed by atoms with Crippen LogP contribution in [0.2, 0.25) is 5.02 Å². The van der Waals surface area contributed by atoms with E-state index in [4.69, 9.17) is 66.7 Å². The second kappa shape index (κ2) is 33.0. The van der Waals surface area contributed by atoms with Gasteiger partial charge < -0.3 is 138 Å². The van der Waals surface area contributed by atoms with Gasteiger partial charge in [0, 0.05) is 46.7 Å². The van der Waals surface area contributed by atoms with E-state index in [0.717, 1.165) is 42.5 Å². The number of nitrogens with two attached hydrogens (primary N) is 3. The third-order valence-corrected chi connectivity index (χ3v) is 20.6. The summed E-state index contributed by atoms with van der Waals surface area (Å²) in [7, 11) is 3.22. The average molecular weight is 1570 g/mol. The molecule has 3 fully saturated rings. The number of aliphatic hydroxyl groups excluding tert-OH is 6. The van der Waals surface area contributed by atoms with Crippen LogP contribution in [0.5, 0.6) is 46.0 Å². The van der Waals surface area contributed by atoms with E-state index in [2.05, 4.69) is 31.9 Å². The molecule has 36 nitrogen and oxygen atoms in total. The highest BCUT2D eigenvalue weighted by Crippen LogP contribution is 2.50. The number of rotatable bonds is 15. The minimum Gasteiger partial charge on any atom is -0.508 e. The number of nitrogens with one attached hydrogen (secondary N) is 6. The number of aliphatic hydroxyl groups is 6. The number of hydrogen-bond acceptors (Lipinski definition) is 28. The van der Waals surface area contributed by atoms with Crippen LogP contribution >= 0.6 is 11.6 Å². The number of fused-ring (bicyclic) bond motifs is 15. The highest BCUT2D eigenvalue weighted by Gasteiger charge is 2.52. The highest BCUT2D eigenvalue weighted by atomic mass is 35.5. The molecule has 0 radical (unpaired) electrons. The molecule has 8 aliphatic rings. The van der Waals surface area contributed by atoms with Crippen molar-refractivity contribution in [2.75, 3.05) is 20.7 Å². The van der Waals surface area contributed by atoms with Crippen molar-refractivity contribution in [3.05, 3.63) is 118 Å². The molecule has 0 aliphatic carbocycles. The molecule has 8 aliphatic heterocycles. The minimum absolute atomic E-state index is 0.0508. The number of nitrogens with zero attached hydrogens (tertiary/aromatic N) is 1. The molecular weight excluding hydrogens is 1480 g/mol. The van der Waals surface area contributed by atoms with Gasteiger partial charge in [-0.2, -0.15) is 0 Å². The van der Waals surface area contributed by atoms with Gasteiger partial charge in [0.15, 0.2) is 36.2 Å². The average Bonchev–Trinajstić information content (AvgIpc) is 0.773. The predicted molar refractivity (Wildman–Crippen MR) is 385 cm³/mol. The van der Waals surface area contributed by atoms with Gasteiger partial charge in [0.25, 0.3) is 0 Å². The molecule has 13 rings (SSSR count). The van der Waals surface area contributed by atoms with Gasteiger partial charge in [0.05, 0.1) is 48.5 Å². The summed E-state index contributed by atoms with van der Waals surface area (Å²) in [6, 6.07) is 1.60. The zero-order valence-electron chi connectivity index (χ0n) is 61.3. The molecule has 3 saturated heterocycles. The SMILES string of the molecule is CC(C)CC(C(=O)NC1C(=O)NC(CC(N)=O)C(=O)NC2C(=O)NC3C(=O)NC(C(=O)NC(C(=O)O)c4cc(O)cc(O)c4-c4cc3ccc4O)C(OC3CC(C)(N)C(O)C(C)O3)c3ccc(c(Cl)c3)Oc3cc2cc(c3OC2OC(CO)C(O)C(O)C2OC2CC(C)(N)C(O)C(C)O2)Oc2ccc(cc2)C1O)N(C)C. The second-order valence-electron chi connectivity index (χ2n) is 29.8. The third kappa shape index (κ3) is 17.7. The number of carbonyl (C=O) groups is 8. The molecular formula is C74H91ClN10O26. The van der Waals surface area contributed by atoms with Crippen molar-refractivity contribution in [2.45, 2.75) is 201 Å². The fourth-order valence-corrected chi connectivity index (χ4v) is 14.6. The molecule has 5 aromatic carbocycles. The van der Waals surface area contributed by atoms with Crippen molar-refractivity contribution >= 4 is 58.9 Å². The van der Waals surface area contributed by atoms with E-state index in [1.54, 1.807) is 19.0 Å². The number of likely N-dealkylation sites (N-methyl/N-ethyl adjacent to an activating group) is 1. The van der Waals surface area contributed by atoms with Gasteiger partial charge in [-0.1, -0.05) is 49.7 Å². The third-order valence-electron chi connectivity index (χ3n) is 20.3. The van der Waals surface area contributed by atoms with Crippen molar-refractivity contribution in [3.63, 3.8) is 0 Å². The fraction of sp³-hybridized carbons (Fsp3) is 0.486. The largest absolute Gasteiger partial charge is 0.508 e.